The van der Waals surface area contributed by atoms with Gasteiger partial charge in [0.25, 0.3) is 0 Å². The molecule has 90 valence electrons. The van der Waals surface area contributed by atoms with Crippen molar-refractivity contribution >= 4 is 0 Å². The van der Waals surface area contributed by atoms with E-state index in [1.54, 1.807) is 7.11 Å². The predicted molar refractivity (Wildman–Crippen MR) is 65.6 cm³/mol. The quantitative estimate of drug-likeness (QED) is 0.833. The maximum atomic E-state index is 5.77. The Balaban J connectivity index is 3.11. The standard InChI is InChI=1S/C13H21NO2/c1-10(2)16-12-8-6-5-7-11(12)13(3,9-14)15-4/h5-8,10H,9,14H2,1-4H3. The second kappa shape index (κ2) is 5.32. The van der Waals surface area contributed by atoms with Crippen LogP contribution in [0.1, 0.15) is 26.3 Å². The number of para-hydroxylation sites is 1. The molecule has 0 bridgehead atoms. The van der Waals surface area contributed by atoms with Crippen molar-refractivity contribution in [2.45, 2.75) is 32.5 Å². The molecule has 3 nitrogen and oxygen atoms in total. The summed E-state index contributed by atoms with van der Waals surface area (Å²) in [4.78, 5) is 0. The third-order valence-electron chi connectivity index (χ3n) is 2.66. The van der Waals surface area contributed by atoms with Crippen LogP contribution in [-0.2, 0) is 10.3 Å². The van der Waals surface area contributed by atoms with Crippen LogP contribution in [0.3, 0.4) is 0 Å². The monoisotopic (exact) mass is 223 g/mol. The van der Waals surface area contributed by atoms with Crippen LogP contribution in [0.25, 0.3) is 0 Å². The first-order valence-corrected chi connectivity index (χ1v) is 5.55. The summed E-state index contributed by atoms with van der Waals surface area (Å²) in [5, 5.41) is 0. The summed E-state index contributed by atoms with van der Waals surface area (Å²) in [6.45, 7) is 6.39. The lowest BCUT2D eigenvalue weighted by Crippen LogP contribution is -2.34. The Kier molecular flexibility index (Phi) is 4.33. The molecule has 0 saturated heterocycles. The van der Waals surface area contributed by atoms with Gasteiger partial charge in [0.1, 0.15) is 11.4 Å². The number of hydrogen-bond acceptors (Lipinski definition) is 3. The van der Waals surface area contributed by atoms with Crippen LogP contribution < -0.4 is 10.5 Å². The molecule has 0 radical (unpaired) electrons. The zero-order valence-corrected chi connectivity index (χ0v) is 10.5. The first-order chi connectivity index (χ1) is 7.53. The van der Waals surface area contributed by atoms with E-state index in [4.69, 9.17) is 15.2 Å². The van der Waals surface area contributed by atoms with Gasteiger partial charge < -0.3 is 15.2 Å². The second-order valence-electron chi connectivity index (χ2n) is 4.30. The molecule has 0 aliphatic heterocycles. The molecule has 0 spiro atoms. The molecule has 1 rings (SSSR count). The first kappa shape index (κ1) is 13.0. The predicted octanol–water partition coefficient (Wildman–Crippen LogP) is 2.29. The molecule has 0 aromatic heterocycles. The summed E-state index contributed by atoms with van der Waals surface area (Å²) < 4.78 is 11.2. The van der Waals surface area contributed by atoms with Crippen LogP contribution in [-0.4, -0.2) is 19.8 Å². The molecule has 0 saturated carbocycles. The third-order valence-corrected chi connectivity index (χ3v) is 2.66. The maximum Gasteiger partial charge on any atom is 0.125 e. The molecule has 1 unspecified atom stereocenters. The van der Waals surface area contributed by atoms with Crippen molar-refractivity contribution in [1.82, 2.24) is 0 Å². The van der Waals surface area contributed by atoms with Crippen LogP contribution in [0.4, 0.5) is 0 Å². The minimum absolute atomic E-state index is 0.139. The molecule has 16 heavy (non-hydrogen) atoms. The lowest BCUT2D eigenvalue weighted by molar-refractivity contribution is 0.00711. The van der Waals surface area contributed by atoms with Crippen molar-refractivity contribution in [1.29, 1.82) is 0 Å². The summed E-state index contributed by atoms with van der Waals surface area (Å²) in [5.41, 5.74) is 6.27. The second-order valence-corrected chi connectivity index (χ2v) is 4.30. The summed E-state index contributed by atoms with van der Waals surface area (Å²) >= 11 is 0. The minimum Gasteiger partial charge on any atom is -0.491 e. The molecule has 1 aromatic carbocycles. The molecule has 0 aliphatic rings. The Bertz CT molecular complexity index is 332. The van der Waals surface area contributed by atoms with Gasteiger partial charge >= 0.3 is 0 Å². The molecular weight excluding hydrogens is 202 g/mol. The molecule has 0 fully saturated rings. The largest absolute Gasteiger partial charge is 0.491 e. The van der Waals surface area contributed by atoms with Crippen LogP contribution in [0.15, 0.2) is 24.3 Å². The molecule has 0 heterocycles. The van der Waals surface area contributed by atoms with Gasteiger partial charge in [0.15, 0.2) is 0 Å². The highest BCUT2D eigenvalue weighted by Gasteiger charge is 2.27. The highest BCUT2D eigenvalue weighted by molar-refractivity contribution is 5.38. The van der Waals surface area contributed by atoms with Crippen LogP contribution >= 0.6 is 0 Å². The van der Waals surface area contributed by atoms with E-state index >= 15 is 0 Å². The Labute approximate surface area is 97.6 Å². The number of methoxy groups -OCH3 is 1. The van der Waals surface area contributed by atoms with E-state index in [1.807, 2.05) is 45.0 Å². The summed E-state index contributed by atoms with van der Waals surface area (Å²) in [6, 6.07) is 7.86. The molecular formula is C13H21NO2. The van der Waals surface area contributed by atoms with Crippen LogP contribution in [0.5, 0.6) is 5.75 Å². The molecule has 0 aliphatic carbocycles. The fourth-order valence-electron chi connectivity index (χ4n) is 1.56. The summed E-state index contributed by atoms with van der Waals surface area (Å²) in [7, 11) is 1.67. The lowest BCUT2D eigenvalue weighted by atomic mass is 9.95. The van der Waals surface area contributed by atoms with E-state index in [2.05, 4.69) is 0 Å². The van der Waals surface area contributed by atoms with Crippen molar-refractivity contribution < 1.29 is 9.47 Å². The van der Waals surface area contributed by atoms with Gasteiger partial charge in [0.05, 0.1) is 6.10 Å². The van der Waals surface area contributed by atoms with Gasteiger partial charge in [0, 0.05) is 19.2 Å². The van der Waals surface area contributed by atoms with Gasteiger partial charge in [-0.3, -0.25) is 0 Å². The Morgan fingerprint density at radius 3 is 2.44 bits per heavy atom. The van der Waals surface area contributed by atoms with E-state index < -0.39 is 5.60 Å². The van der Waals surface area contributed by atoms with E-state index in [0.717, 1.165) is 11.3 Å². The molecule has 3 heteroatoms. The van der Waals surface area contributed by atoms with Crippen molar-refractivity contribution in [2.75, 3.05) is 13.7 Å². The highest BCUT2D eigenvalue weighted by Crippen LogP contribution is 2.32. The van der Waals surface area contributed by atoms with Crippen molar-refractivity contribution in [3.8, 4) is 5.75 Å². The van der Waals surface area contributed by atoms with Gasteiger partial charge in [-0.2, -0.15) is 0 Å². The van der Waals surface area contributed by atoms with Gasteiger partial charge in [-0.1, -0.05) is 18.2 Å². The van der Waals surface area contributed by atoms with Gasteiger partial charge in [-0.25, -0.2) is 0 Å². The maximum absolute atomic E-state index is 5.77. The SMILES string of the molecule is COC(C)(CN)c1ccccc1OC(C)C. The Hall–Kier alpha value is -1.06. The van der Waals surface area contributed by atoms with Crippen molar-refractivity contribution in [3.05, 3.63) is 29.8 Å². The van der Waals surface area contributed by atoms with Gasteiger partial charge in [-0.05, 0) is 26.8 Å². The average Bonchev–Trinajstić information content (AvgIpc) is 2.28. The fourth-order valence-corrected chi connectivity index (χ4v) is 1.56. The number of hydrogen-bond donors (Lipinski definition) is 1. The number of ether oxygens (including phenoxy) is 2. The van der Waals surface area contributed by atoms with Gasteiger partial charge in [-0.15, -0.1) is 0 Å². The fraction of sp³-hybridized carbons (Fsp3) is 0.538. The third kappa shape index (κ3) is 2.74. The number of rotatable bonds is 5. The smallest absolute Gasteiger partial charge is 0.125 e. The van der Waals surface area contributed by atoms with Crippen LogP contribution in [0.2, 0.25) is 0 Å². The summed E-state index contributed by atoms with van der Waals surface area (Å²) in [5.74, 6) is 0.840. The Morgan fingerprint density at radius 1 is 1.31 bits per heavy atom. The Morgan fingerprint density at radius 2 is 1.94 bits per heavy atom. The average molecular weight is 223 g/mol. The normalized spacial score (nSPS) is 14.9. The van der Waals surface area contributed by atoms with Gasteiger partial charge in [0.2, 0.25) is 0 Å². The van der Waals surface area contributed by atoms with E-state index in [-0.39, 0.29) is 6.10 Å². The zero-order chi connectivity index (χ0) is 12.2. The van der Waals surface area contributed by atoms with E-state index in [9.17, 15) is 0 Å². The van der Waals surface area contributed by atoms with E-state index in [1.165, 1.54) is 0 Å². The summed E-state index contributed by atoms with van der Waals surface area (Å²) in [6.07, 6.45) is 0.139. The first-order valence-electron chi connectivity index (χ1n) is 5.55. The van der Waals surface area contributed by atoms with Crippen molar-refractivity contribution in [2.24, 2.45) is 5.73 Å². The van der Waals surface area contributed by atoms with Crippen molar-refractivity contribution in [3.63, 3.8) is 0 Å². The number of benzene rings is 1. The lowest BCUT2D eigenvalue weighted by Gasteiger charge is -2.29. The highest BCUT2D eigenvalue weighted by atomic mass is 16.5. The molecule has 1 aromatic rings. The van der Waals surface area contributed by atoms with Crippen LogP contribution in [0, 0.1) is 0 Å². The van der Waals surface area contributed by atoms with E-state index in [0.29, 0.717) is 6.54 Å². The minimum atomic E-state index is -0.495. The molecule has 2 N–H and O–H groups in total. The molecule has 1 atom stereocenters. The molecule has 0 amide bonds. The number of nitrogens with two attached hydrogens (primary N) is 1. The topological polar surface area (TPSA) is 44.5 Å². The zero-order valence-electron chi connectivity index (χ0n) is 10.5.